The molecule has 1 aliphatic heterocycles. The Kier molecular flexibility index (Phi) is 3.59. The summed E-state index contributed by atoms with van der Waals surface area (Å²) < 4.78 is 0. The van der Waals surface area contributed by atoms with Gasteiger partial charge in [-0.25, -0.2) is 4.79 Å². The van der Waals surface area contributed by atoms with Crippen LogP contribution in [-0.4, -0.2) is 29.9 Å². The van der Waals surface area contributed by atoms with Gasteiger partial charge in [-0.1, -0.05) is 6.08 Å². The van der Waals surface area contributed by atoms with Gasteiger partial charge in [-0.3, -0.25) is 10.1 Å². The van der Waals surface area contributed by atoms with Gasteiger partial charge in [-0.05, 0) is 6.92 Å². The Morgan fingerprint density at radius 2 is 2.33 bits per heavy atom. The van der Waals surface area contributed by atoms with Crippen LogP contribution in [-0.2, 0) is 4.79 Å². The predicted molar refractivity (Wildman–Crippen MR) is 59.2 cm³/mol. The standard InChI is InChI=1S/C8H14N4O2S/c1-2-5(10-4-15)8(3-9)6(13)11-7(14)12-8/h2,10,15H,3-4,9H2,1H3,(H2,11,12,13,14)/b5-2-. The van der Waals surface area contributed by atoms with Crippen molar-refractivity contribution in [1.82, 2.24) is 16.0 Å². The number of carbonyl (C=O) groups is 2. The van der Waals surface area contributed by atoms with Crippen molar-refractivity contribution in [2.24, 2.45) is 5.73 Å². The number of imide groups is 1. The number of carbonyl (C=O) groups excluding carboxylic acids is 2. The maximum absolute atomic E-state index is 11.6. The van der Waals surface area contributed by atoms with Gasteiger partial charge in [0.05, 0.1) is 5.88 Å². The molecule has 3 amide bonds. The normalized spacial score (nSPS) is 26.2. The number of thiol groups is 1. The van der Waals surface area contributed by atoms with Gasteiger partial charge in [0.2, 0.25) is 0 Å². The van der Waals surface area contributed by atoms with Crippen LogP contribution in [0.5, 0.6) is 0 Å². The summed E-state index contributed by atoms with van der Waals surface area (Å²) in [5, 5.41) is 7.56. The molecule has 0 radical (unpaired) electrons. The third-order valence-corrected chi connectivity index (χ3v) is 2.42. The number of allylic oxidation sites excluding steroid dienone is 1. The van der Waals surface area contributed by atoms with Crippen molar-refractivity contribution in [3.05, 3.63) is 11.8 Å². The Labute approximate surface area is 93.1 Å². The highest BCUT2D eigenvalue weighted by Gasteiger charge is 2.48. The molecular weight excluding hydrogens is 216 g/mol. The van der Waals surface area contributed by atoms with Crippen molar-refractivity contribution >= 4 is 24.6 Å². The number of nitrogens with one attached hydrogen (secondary N) is 3. The Bertz CT molecular complexity index is 318. The number of rotatable bonds is 4. The van der Waals surface area contributed by atoms with Crippen molar-refractivity contribution in [2.45, 2.75) is 12.5 Å². The van der Waals surface area contributed by atoms with E-state index in [0.717, 1.165) is 0 Å². The first-order chi connectivity index (χ1) is 7.10. The predicted octanol–water partition coefficient (Wildman–Crippen LogP) is -1.10. The Balaban J connectivity index is 3.03. The largest absolute Gasteiger partial charge is 0.377 e. The summed E-state index contributed by atoms with van der Waals surface area (Å²) in [5.74, 6) is -0.0951. The SMILES string of the molecule is C/C=C(\NCS)C1(CN)NC(=O)NC1=O. The fraction of sp³-hybridized carbons (Fsp3) is 0.500. The highest BCUT2D eigenvalue weighted by atomic mass is 32.1. The van der Waals surface area contributed by atoms with E-state index in [1.807, 2.05) is 0 Å². The first-order valence-electron chi connectivity index (χ1n) is 4.46. The zero-order valence-electron chi connectivity index (χ0n) is 8.33. The minimum absolute atomic E-state index is 0.00890. The van der Waals surface area contributed by atoms with E-state index in [2.05, 4.69) is 28.6 Å². The van der Waals surface area contributed by atoms with Gasteiger partial charge in [-0.2, -0.15) is 12.6 Å². The van der Waals surface area contributed by atoms with Crippen molar-refractivity contribution < 1.29 is 9.59 Å². The molecular formula is C8H14N4O2S. The van der Waals surface area contributed by atoms with E-state index in [9.17, 15) is 9.59 Å². The number of amides is 3. The lowest BCUT2D eigenvalue weighted by molar-refractivity contribution is -0.122. The van der Waals surface area contributed by atoms with Crippen LogP contribution < -0.4 is 21.7 Å². The summed E-state index contributed by atoms with van der Waals surface area (Å²) in [7, 11) is 0. The minimum atomic E-state index is -1.19. The molecule has 0 saturated carbocycles. The number of nitrogens with two attached hydrogens (primary N) is 1. The van der Waals surface area contributed by atoms with E-state index < -0.39 is 17.5 Å². The third-order valence-electron chi connectivity index (χ3n) is 2.27. The van der Waals surface area contributed by atoms with Crippen molar-refractivity contribution in [2.75, 3.05) is 12.4 Å². The molecule has 0 aromatic rings. The molecule has 1 heterocycles. The van der Waals surface area contributed by atoms with Crippen molar-refractivity contribution in [3.63, 3.8) is 0 Å². The quantitative estimate of drug-likeness (QED) is 0.241. The fourth-order valence-corrected chi connectivity index (χ4v) is 1.69. The second kappa shape index (κ2) is 4.54. The lowest BCUT2D eigenvalue weighted by Crippen LogP contribution is -2.57. The highest BCUT2D eigenvalue weighted by Crippen LogP contribution is 2.17. The van der Waals surface area contributed by atoms with E-state index in [1.54, 1.807) is 13.0 Å². The zero-order valence-corrected chi connectivity index (χ0v) is 9.23. The summed E-state index contributed by atoms with van der Waals surface area (Å²) >= 11 is 4.00. The van der Waals surface area contributed by atoms with Gasteiger partial charge in [0.1, 0.15) is 0 Å². The maximum atomic E-state index is 11.6. The van der Waals surface area contributed by atoms with Crippen LogP contribution in [0.4, 0.5) is 4.79 Å². The van der Waals surface area contributed by atoms with Crippen molar-refractivity contribution in [1.29, 1.82) is 0 Å². The van der Waals surface area contributed by atoms with Crippen LogP contribution >= 0.6 is 12.6 Å². The zero-order chi connectivity index (χ0) is 11.5. The Morgan fingerprint density at radius 3 is 2.67 bits per heavy atom. The first-order valence-corrected chi connectivity index (χ1v) is 5.09. The summed E-state index contributed by atoms with van der Waals surface area (Å²) in [6.07, 6.45) is 1.69. The molecule has 1 saturated heterocycles. The van der Waals surface area contributed by atoms with Crippen LogP contribution in [0.1, 0.15) is 6.92 Å². The molecule has 1 atom stereocenters. The molecule has 0 aromatic heterocycles. The van der Waals surface area contributed by atoms with Crippen LogP contribution in [0, 0.1) is 0 Å². The third kappa shape index (κ3) is 1.93. The van der Waals surface area contributed by atoms with Crippen LogP contribution in [0.15, 0.2) is 11.8 Å². The Hall–Kier alpha value is -1.21. The molecule has 84 valence electrons. The van der Waals surface area contributed by atoms with Crippen LogP contribution in [0.3, 0.4) is 0 Å². The molecule has 0 aromatic carbocycles. The average molecular weight is 230 g/mol. The van der Waals surface area contributed by atoms with Gasteiger partial charge >= 0.3 is 6.03 Å². The van der Waals surface area contributed by atoms with Gasteiger partial charge in [0.25, 0.3) is 5.91 Å². The average Bonchev–Trinajstić information content (AvgIpc) is 2.51. The van der Waals surface area contributed by atoms with E-state index in [-0.39, 0.29) is 6.54 Å². The second-order valence-electron chi connectivity index (χ2n) is 3.05. The summed E-state index contributed by atoms with van der Waals surface area (Å²) in [6.45, 7) is 1.74. The maximum Gasteiger partial charge on any atom is 0.322 e. The molecule has 0 aliphatic carbocycles. The molecule has 1 fully saturated rings. The van der Waals surface area contributed by atoms with E-state index >= 15 is 0 Å². The smallest absolute Gasteiger partial charge is 0.322 e. The van der Waals surface area contributed by atoms with Gasteiger partial charge in [0, 0.05) is 12.2 Å². The molecule has 1 aliphatic rings. The highest BCUT2D eigenvalue weighted by molar-refractivity contribution is 7.80. The Morgan fingerprint density at radius 1 is 1.67 bits per heavy atom. The van der Waals surface area contributed by atoms with E-state index in [4.69, 9.17) is 5.73 Å². The number of urea groups is 1. The molecule has 1 rings (SSSR count). The fourth-order valence-electron chi connectivity index (χ4n) is 1.52. The first kappa shape index (κ1) is 11.9. The van der Waals surface area contributed by atoms with Gasteiger partial charge < -0.3 is 16.4 Å². The lowest BCUT2D eigenvalue weighted by Gasteiger charge is -2.27. The molecule has 0 spiro atoms. The molecule has 5 N–H and O–H groups in total. The monoisotopic (exact) mass is 230 g/mol. The van der Waals surface area contributed by atoms with Gasteiger partial charge in [-0.15, -0.1) is 0 Å². The van der Waals surface area contributed by atoms with Gasteiger partial charge in [0.15, 0.2) is 5.54 Å². The number of hydrogen-bond acceptors (Lipinski definition) is 5. The van der Waals surface area contributed by atoms with Crippen molar-refractivity contribution in [3.8, 4) is 0 Å². The molecule has 6 nitrogen and oxygen atoms in total. The van der Waals surface area contributed by atoms with Crippen LogP contribution in [0.25, 0.3) is 0 Å². The summed E-state index contributed by atoms with van der Waals surface area (Å²) in [6, 6.07) is -0.536. The lowest BCUT2D eigenvalue weighted by atomic mass is 9.95. The summed E-state index contributed by atoms with van der Waals surface area (Å²) in [4.78, 5) is 22.7. The van der Waals surface area contributed by atoms with E-state index in [1.165, 1.54) is 0 Å². The summed E-state index contributed by atoms with van der Waals surface area (Å²) in [5.41, 5.74) is 4.91. The second-order valence-corrected chi connectivity index (χ2v) is 3.37. The molecule has 1 unspecified atom stereocenters. The van der Waals surface area contributed by atoms with E-state index in [0.29, 0.717) is 11.6 Å². The molecule has 15 heavy (non-hydrogen) atoms. The molecule has 0 bridgehead atoms. The van der Waals surface area contributed by atoms with Crippen LogP contribution in [0.2, 0.25) is 0 Å². The molecule has 7 heteroatoms. The minimum Gasteiger partial charge on any atom is -0.377 e. The number of hydrogen-bond donors (Lipinski definition) is 5. The topological polar surface area (TPSA) is 96.2 Å².